The summed E-state index contributed by atoms with van der Waals surface area (Å²) in [5.41, 5.74) is 7.23. The monoisotopic (exact) mass is 804 g/mol. The van der Waals surface area contributed by atoms with Crippen molar-refractivity contribution in [2.45, 2.75) is 27.7 Å². The minimum atomic E-state index is -0.492. The first kappa shape index (κ1) is 40.7. The lowest BCUT2D eigenvalue weighted by molar-refractivity contribution is -0.385. The number of carbonyl (C=O) groups is 3. The first-order valence-corrected chi connectivity index (χ1v) is 18.7. The van der Waals surface area contributed by atoms with Crippen LogP contribution in [0.3, 0.4) is 0 Å². The molecule has 7 rings (SSSR count). The summed E-state index contributed by atoms with van der Waals surface area (Å²) in [5, 5.41) is 27.3. The van der Waals surface area contributed by atoms with E-state index >= 15 is 0 Å². The average Bonchev–Trinajstić information content (AvgIpc) is 3.57. The second-order valence-electron chi connectivity index (χ2n) is 13.3. The van der Waals surface area contributed by atoms with E-state index in [2.05, 4.69) is 41.2 Å². The molecule has 2 aromatic carbocycles. The number of anilines is 5. The number of fused-ring (bicyclic) bond motifs is 1. The quantitative estimate of drug-likeness (QED) is 0.0624. The van der Waals surface area contributed by atoms with E-state index < -0.39 is 10.8 Å². The van der Waals surface area contributed by atoms with Gasteiger partial charge in [0.25, 0.3) is 23.4 Å². The van der Waals surface area contributed by atoms with Crippen LogP contribution in [-0.2, 0) is 4.74 Å². The van der Waals surface area contributed by atoms with Gasteiger partial charge in [-0.05, 0) is 87.4 Å². The van der Waals surface area contributed by atoms with E-state index in [1.807, 2.05) is 51.1 Å². The van der Waals surface area contributed by atoms with Gasteiger partial charge in [0.1, 0.15) is 11.0 Å². The molecule has 1 aliphatic heterocycles. The fourth-order valence-corrected chi connectivity index (χ4v) is 6.36. The first-order valence-electron chi connectivity index (χ1n) is 18.3. The number of nitrogens with zero attached hydrogens (tertiary/aromatic N) is 6. The van der Waals surface area contributed by atoms with Gasteiger partial charge in [-0.1, -0.05) is 23.7 Å². The van der Waals surface area contributed by atoms with Crippen LogP contribution in [0.25, 0.3) is 5.52 Å². The summed E-state index contributed by atoms with van der Waals surface area (Å²) in [6.45, 7) is 10.8. The molecule has 1 saturated heterocycles. The normalized spacial score (nSPS) is 12.3. The second kappa shape index (κ2) is 18.4. The zero-order chi connectivity index (χ0) is 41.3. The van der Waals surface area contributed by atoms with Crippen molar-refractivity contribution >= 4 is 69.1 Å². The summed E-state index contributed by atoms with van der Waals surface area (Å²) in [7, 11) is 0. The Morgan fingerprint density at radius 3 is 2.14 bits per heavy atom. The highest BCUT2D eigenvalue weighted by molar-refractivity contribution is 6.29. The molecule has 4 aromatic heterocycles. The number of aryl methyl sites for hydroxylation is 3. The van der Waals surface area contributed by atoms with E-state index in [0.29, 0.717) is 53.4 Å². The van der Waals surface area contributed by atoms with Gasteiger partial charge < -0.3 is 30.9 Å². The van der Waals surface area contributed by atoms with Gasteiger partial charge in [-0.3, -0.25) is 24.5 Å². The van der Waals surface area contributed by atoms with Crippen molar-refractivity contribution in [3.05, 3.63) is 140 Å². The number of hydrogen-bond donors (Lipinski definition) is 4. The van der Waals surface area contributed by atoms with Gasteiger partial charge in [-0.25, -0.2) is 14.5 Å². The van der Waals surface area contributed by atoms with Gasteiger partial charge in [0, 0.05) is 84.2 Å². The van der Waals surface area contributed by atoms with Crippen molar-refractivity contribution in [3.8, 4) is 0 Å². The lowest BCUT2D eigenvalue weighted by Crippen LogP contribution is -2.36. The van der Waals surface area contributed by atoms with Crippen LogP contribution in [0.15, 0.2) is 91.5 Å². The third kappa shape index (κ3) is 9.72. The number of halogens is 1. The van der Waals surface area contributed by atoms with Crippen LogP contribution in [0.4, 0.5) is 34.3 Å². The van der Waals surface area contributed by atoms with Gasteiger partial charge in [-0.2, -0.15) is 5.10 Å². The smallest absolute Gasteiger partial charge is 0.274 e. The number of nitro benzene ring substituents is 1. The Kier molecular flexibility index (Phi) is 12.9. The van der Waals surface area contributed by atoms with Crippen molar-refractivity contribution < 1.29 is 24.0 Å². The van der Waals surface area contributed by atoms with Crippen LogP contribution >= 0.6 is 11.6 Å². The number of rotatable bonds is 10. The molecular weight excluding hydrogens is 764 g/mol. The summed E-state index contributed by atoms with van der Waals surface area (Å²) in [6.07, 6.45) is 6.50. The topological polar surface area (TPSA) is 198 Å². The summed E-state index contributed by atoms with van der Waals surface area (Å²) in [5.74, 6) is 0.0168. The molecule has 0 saturated carbocycles. The molecule has 0 bridgehead atoms. The molecule has 3 amide bonds. The van der Waals surface area contributed by atoms with Crippen molar-refractivity contribution in [1.29, 1.82) is 0 Å². The maximum Gasteiger partial charge on any atom is 0.274 e. The lowest BCUT2D eigenvalue weighted by atomic mass is 10.1. The Morgan fingerprint density at radius 1 is 0.810 bits per heavy atom. The Bertz CT molecular complexity index is 2500. The number of aromatic nitrogens is 4. The predicted molar refractivity (Wildman–Crippen MR) is 223 cm³/mol. The van der Waals surface area contributed by atoms with E-state index in [9.17, 15) is 24.5 Å². The summed E-state index contributed by atoms with van der Waals surface area (Å²) < 4.78 is 7.12. The molecule has 5 heterocycles. The third-order valence-corrected chi connectivity index (χ3v) is 9.48. The number of ether oxygens (including phenoxy) is 1. The number of benzene rings is 2. The SMILES string of the molecule is CCNC(=O)c1cn2nccc(Nc3cc(NC(=O)c4ccnc(N5CCOCC5)c4)ccc3C)c2c1C.Cc1ccc(NC(=O)c2ccnc(Cl)c2)cc1[N+](=O)[O-]. The van der Waals surface area contributed by atoms with Crippen molar-refractivity contribution in [2.75, 3.05) is 53.7 Å². The highest BCUT2D eigenvalue weighted by Gasteiger charge is 2.19. The number of nitro groups is 1. The molecule has 298 valence electrons. The number of morpholine rings is 1. The Balaban J connectivity index is 0.000000239. The summed E-state index contributed by atoms with van der Waals surface area (Å²) in [6, 6.07) is 18.5. The van der Waals surface area contributed by atoms with Crippen molar-refractivity contribution in [2.24, 2.45) is 0 Å². The van der Waals surface area contributed by atoms with Crippen LogP contribution < -0.4 is 26.2 Å². The van der Waals surface area contributed by atoms with Gasteiger partial charge in [-0.15, -0.1) is 0 Å². The molecule has 1 fully saturated rings. The zero-order valence-electron chi connectivity index (χ0n) is 32.2. The fraction of sp³-hybridized carbons (Fsp3) is 0.220. The van der Waals surface area contributed by atoms with Gasteiger partial charge in [0.2, 0.25) is 0 Å². The molecule has 0 atom stereocenters. The third-order valence-electron chi connectivity index (χ3n) is 9.27. The van der Waals surface area contributed by atoms with E-state index in [4.69, 9.17) is 16.3 Å². The predicted octanol–water partition coefficient (Wildman–Crippen LogP) is 7.13. The number of amides is 3. The molecule has 1 aliphatic rings. The highest BCUT2D eigenvalue weighted by atomic mass is 35.5. The van der Waals surface area contributed by atoms with Crippen LogP contribution in [0.2, 0.25) is 5.15 Å². The van der Waals surface area contributed by atoms with E-state index in [1.54, 1.807) is 48.2 Å². The van der Waals surface area contributed by atoms with Gasteiger partial charge >= 0.3 is 0 Å². The average molecular weight is 805 g/mol. The molecule has 0 aliphatic carbocycles. The Morgan fingerprint density at radius 2 is 1.47 bits per heavy atom. The molecule has 16 nitrogen and oxygen atoms in total. The molecule has 17 heteroatoms. The largest absolute Gasteiger partial charge is 0.378 e. The Hall–Kier alpha value is -6.91. The van der Waals surface area contributed by atoms with Gasteiger partial charge in [0.05, 0.1) is 34.9 Å². The lowest BCUT2D eigenvalue weighted by Gasteiger charge is -2.27. The maximum atomic E-state index is 13.1. The van der Waals surface area contributed by atoms with Crippen molar-refractivity contribution in [3.63, 3.8) is 0 Å². The standard InChI is InChI=1S/C28H31N7O3.C13H10ClN3O3/c1-4-29-28(37)22-17-35-26(19(22)3)23(8-10-31-35)33-24-16-21(6-5-18(24)2)32-27(36)20-7-9-30-25(15-20)34-11-13-38-14-12-34;1-8-2-3-10(7-11(8)17(19)20)16-13(18)9-4-5-15-12(14)6-9/h5-10,15-17,33H,4,11-14H2,1-3H3,(H,29,37)(H,32,36);2-7H,1H3,(H,16,18). The number of nitrogens with one attached hydrogen (secondary N) is 4. The van der Waals surface area contributed by atoms with Crippen molar-refractivity contribution in [1.82, 2.24) is 24.9 Å². The van der Waals surface area contributed by atoms with Crippen LogP contribution in [0.1, 0.15) is 54.7 Å². The van der Waals surface area contributed by atoms with E-state index in [-0.39, 0.29) is 22.7 Å². The molecule has 4 N–H and O–H groups in total. The first-order chi connectivity index (χ1) is 27.9. The number of hydrogen-bond acceptors (Lipinski definition) is 11. The minimum absolute atomic E-state index is 0.0458. The molecule has 0 spiro atoms. The van der Waals surface area contributed by atoms with E-state index in [0.717, 1.165) is 46.9 Å². The van der Waals surface area contributed by atoms with Gasteiger partial charge in [0.15, 0.2) is 0 Å². The minimum Gasteiger partial charge on any atom is -0.378 e. The molecule has 0 unspecified atom stereocenters. The van der Waals surface area contributed by atoms with Crippen LogP contribution in [-0.4, -0.2) is 75.1 Å². The highest BCUT2D eigenvalue weighted by Crippen LogP contribution is 2.30. The summed E-state index contributed by atoms with van der Waals surface area (Å²) in [4.78, 5) is 58.2. The van der Waals surface area contributed by atoms with Crippen LogP contribution in [0.5, 0.6) is 0 Å². The fourth-order valence-electron chi connectivity index (χ4n) is 6.18. The maximum absolute atomic E-state index is 13.1. The molecular formula is C41H41ClN10O6. The Labute approximate surface area is 338 Å². The zero-order valence-corrected chi connectivity index (χ0v) is 33.0. The number of pyridine rings is 2. The second-order valence-corrected chi connectivity index (χ2v) is 13.6. The van der Waals surface area contributed by atoms with Crippen LogP contribution in [0, 0.1) is 30.9 Å². The number of carbonyl (C=O) groups excluding carboxylic acids is 3. The molecule has 58 heavy (non-hydrogen) atoms. The summed E-state index contributed by atoms with van der Waals surface area (Å²) >= 11 is 5.70. The van der Waals surface area contributed by atoms with E-state index in [1.165, 1.54) is 24.4 Å². The molecule has 6 aromatic rings. The molecule has 0 radical (unpaired) electrons.